The second kappa shape index (κ2) is 8.04. The average molecular weight is 447 g/mol. The van der Waals surface area contributed by atoms with Gasteiger partial charge in [-0.05, 0) is 61.2 Å². The monoisotopic (exact) mass is 446 g/mol. The maximum Gasteiger partial charge on any atom is 0.262 e. The van der Waals surface area contributed by atoms with Crippen LogP contribution in [0.5, 0.6) is 0 Å². The second-order valence-corrected chi connectivity index (χ2v) is 10.1. The lowest BCUT2D eigenvalue weighted by atomic mass is 9.81. The van der Waals surface area contributed by atoms with Gasteiger partial charge < -0.3 is 0 Å². The number of nitrogens with zero attached hydrogens (tertiary/aromatic N) is 1. The summed E-state index contributed by atoms with van der Waals surface area (Å²) >= 11 is 5.86. The Labute approximate surface area is 181 Å². The molecule has 1 N–H and O–H groups in total. The minimum atomic E-state index is -3.84. The predicted molar refractivity (Wildman–Crippen MR) is 114 cm³/mol. The molecule has 2 fully saturated rings. The molecule has 8 heteroatoms. The molecule has 2 amide bonds. The first-order valence-corrected chi connectivity index (χ1v) is 11.9. The largest absolute Gasteiger partial charge is 0.280 e. The van der Waals surface area contributed by atoms with E-state index < -0.39 is 10.0 Å². The highest BCUT2D eigenvalue weighted by molar-refractivity contribution is 7.92. The predicted octanol–water partition coefficient (Wildman–Crippen LogP) is 4.12. The number of fused-ring (bicyclic) bond motifs is 1. The van der Waals surface area contributed by atoms with Crippen LogP contribution in [0.1, 0.15) is 36.8 Å². The molecule has 0 unspecified atom stereocenters. The molecule has 30 heavy (non-hydrogen) atoms. The van der Waals surface area contributed by atoms with Crippen LogP contribution in [0, 0.1) is 18.8 Å². The van der Waals surface area contributed by atoms with Gasteiger partial charge in [0.25, 0.3) is 10.0 Å². The van der Waals surface area contributed by atoms with Crippen molar-refractivity contribution in [2.24, 2.45) is 11.8 Å². The van der Waals surface area contributed by atoms with Gasteiger partial charge in [0, 0.05) is 10.7 Å². The highest BCUT2D eigenvalue weighted by Crippen LogP contribution is 2.38. The third-order valence-electron chi connectivity index (χ3n) is 5.91. The minimum Gasteiger partial charge on any atom is -0.280 e. The molecular formula is C22H23ClN2O4S. The molecule has 6 nitrogen and oxygen atoms in total. The van der Waals surface area contributed by atoms with Crippen molar-refractivity contribution in [3.8, 4) is 0 Å². The van der Waals surface area contributed by atoms with Gasteiger partial charge in [0.1, 0.15) is 0 Å². The number of imide groups is 1. The molecule has 158 valence electrons. The van der Waals surface area contributed by atoms with Crippen LogP contribution in [0.25, 0.3) is 0 Å². The number of rotatable bonds is 5. The van der Waals surface area contributed by atoms with Crippen molar-refractivity contribution in [1.29, 1.82) is 0 Å². The summed E-state index contributed by atoms with van der Waals surface area (Å²) in [5.41, 5.74) is 1.59. The van der Waals surface area contributed by atoms with Gasteiger partial charge in [0.15, 0.2) is 0 Å². The Kier molecular flexibility index (Phi) is 5.59. The van der Waals surface area contributed by atoms with Crippen molar-refractivity contribution >= 4 is 39.1 Å². The van der Waals surface area contributed by atoms with E-state index in [1.807, 2.05) is 0 Å². The van der Waals surface area contributed by atoms with Gasteiger partial charge in [0.05, 0.1) is 23.3 Å². The standard InChI is InChI=1S/C22H23ClN2O4S/c1-14-6-7-15(13-25-21(26)18-4-2-3-5-19(18)22(25)27)12-20(14)30(28,29)24-17-10-8-16(23)9-11-17/h6-12,18-19,24H,2-5,13H2,1H3/t18-,19+. The van der Waals surface area contributed by atoms with Crippen LogP contribution in [-0.2, 0) is 26.2 Å². The SMILES string of the molecule is Cc1ccc(CN2C(=O)[C@H]3CCCC[C@H]3C2=O)cc1S(=O)(=O)Nc1ccc(Cl)cc1. The minimum absolute atomic E-state index is 0.0917. The fraction of sp³-hybridized carbons (Fsp3) is 0.364. The molecule has 0 aromatic heterocycles. The summed E-state index contributed by atoms with van der Waals surface area (Å²) in [7, 11) is -3.84. The number of benzene rings is 2. The van der Waals surface area contributed by atoms with Gasteiger partial charge in [0.2, 0.25) is 11.8 Å². The molecule has 0 radical (unpaired) electrons. The highest BCUT2D eigenvalue weighted by Gasteiger charge is 2.47. The van der Waals surface area contributed by atoms with Crippen LogP contribution >= 0.6 is 11.6 Å². The van der Waals surface area contributed by atoms with Gasteiger partial charge >= 0.3 is 0 Å². The number of anilines is 1. The van der Waals surface area contributed by atoms with E-state index in [2.05, 4.69) is 4.72 Å². The summed E-state index contributed by atoms with van der Waals surface area (Å²) in [6.45, 7) is 1.80. The summed E-state index contributed by atoms with van der Waals surface area (Å²) < 4.78 is 28.4. The Bertz CT molecular complexity index is 1070. The van der Waals surface area contributed by atoms with Gasteiger partial charge in [-0.2, -0.15) is 0 Å². The summed E-state index contributed by atoms with van der Waals surface area (Å²) in [6, 6.07) is 11.4. The zero-order valence-corrected chi connectivity index (χ0v) is 18.2. The van der Waals surface area contributed by atoms with E-state index >= 15 is 0 Å². The fourth-order valence-corrected chi connectivity index (χ4v) is 5.81. The van der Waals surface area contributed by atoms with E-state index in [4.69, 9.17) is 11.6 Å². The number of sulfonamides is 1. The van der Waals surface area contributed by atoms with Crippen LogP contribution < -0.4 is 4.72 Å². The van der Waals surface area contributed by atoms with Crippen LogP contribution in [0.15, 0.2) is 47.4 Å². The van der Waals surface area contributed by atoms with E-state index in [0.29, 0.717) is 21.8 Å². The summed E-state index contributed by atoms with van der Waals surface area (Å²) in [5, 5.41) is 0.511. The molecule has 1 aliphatic carbocycles. The van der Waals surface area contributed by atoms with Crippen LogP contribution in [0.3, 0.4) is 0 Å². The molecule has 2 aromatic rings. The molecule has 2 atom stereocenters. The van der Waals surface area contributed by atoms with Crippen molar-refractivity contribution in [3.63, 3.8) is 0 Å². The lowest BCUT2D eigenvalue weighted by Gasteiger charge is -2.19. The Morgan fingerprint density at radius 3 is 2.20 bits per heavy atom. The molecule has 4 rings (SSSR count). The zero-order valence-electron chi connectivity index (χ0n) is 16.6. The topological polar surface area (TPSA) is 83.6 Å². The summed E-state index contributed by atoms with van der Waals surface area (Å²) in [5.74, 6) is -0.694. The van der Waals surface area contributed by atoms with Gasteiger partial charge in [-0.15, -0.1) is 0 Å². The molecule has 0 bridgehead atoms. The quantitative estimate of drug-likeness (QED) is 0.700. The maximum atomic E-state index is 12.9. The van der Waals surface area contributed by atoms with E-state index in [9.17, 15) is 18.0 Å². The number of carbonyl (C=O) groups excluding carboxylic acids is 2. The molecule has 0 spiro atoms. The smallest absolute Gasteiger partial charge is 0.262 e. The highest BCUT2D eigenvalue weighted by atomic mass is 35.5. The van der Waals surface area contributed by atoms with Crippen molar-refractivity contribution in [2.45, 2.75) is 44.0 Å². The third-order valence-corrected chi connectivity index (χ3v) is 7.69. The Morgan fingerprint density at radius 2 is 1.60 bits per heavy atom. The zero-order chi connectivity index (χ0) is 21.5. The van der Waals surface area contributed by atoms with Crippen LogP contribution in [0.4, 0.5) is 5.69 Å². The lowest BCUT2D eigenvalue weighted by Crippen LogP contribution is -2.30. The molecule has 1 aliphatic heterocycles. The van der Waals surface area contributed by atoms with E-state index in [0.717, 1.165) is 25.7 Å². The molecule has 2 aromatic carbocycles. The van der Waals surface area contributed by atoms with Gasteiger partial charge in [-0.25, -0.2) is 8.42 Å². The number of carbonyl (C=O) groups is 2. The van der Waals surface area contributed by atoms with E-state index in [1.165, 1.54) is 11.0 Å². The van der Waals surface area contributed by atoms with Crippen LogP contribution in [0.2, 0.25) is 5.02 Å². The first kappa shape index (κ1) is 20.9. The molecule has 2 aliphatic rings. The number of likely N-dealkylation sites (tertiary alicyclic amines) is 1. The Hall–Kier alpha value is -2.38. The van der Waals surface area contributed by atoms with Gasteiger partial charge in [-0.3, -0.25) is 19.2 Å². The third kappa shape index (κ3) is 3.96. The lowest BCUT2D eigenvalue weighted by molar-refractivity contribution is -0.140. The Morgan fingerprint density at radius 1 is 1.00 bits per heavy atom. The number of hydrogen-bond donors (Lipinski definition) is 1. The Balaban J connectivity index is 1.58. The van der Waals surface area contributed by atoms with Crippen molar-refractivity contribution < 1.29 is 18.0 Å². The van der Waals surface area contributed by atoms with Crippen molar-refractivity contribution in [2.75, 3.05) is 4.72 Å². The molecule has 1 saturated heterocycles. The number of aryl methyl sites for hydroxylation is 1. The number of amides is 2. The van der Waals surface area contributed by atoms with Crippen LogP contribution in [-0.4, -0.2) is 25.1 Å². The number of hydrogen-bond acceptors (Lipinski definition) is 4. The normalized spacial score (nSPS) is 21.6. The number of nitrogens with one attached hydrogen (secondary N) is 1. The first-order chi connectivity index (χ1) is 14.3. The van der Waals surface area contributed by atoms with E-state index in [-0.39, 0.29) is 35.1 Å². The summed E-state index contributed by atoms with van der Waals surface area (Å²) in [6.07, 6.45) is 3.45. The van der Waals surface area contributed by atoms with Crippen molar-refractivity contribution in [1.82, 2.24) is 4.90 Å². The van der Waals surface area contributed by atoms with Crippen molar-refractivity contribution in [3.05, 3.63) is 58.6 Å². The molecule has 1 heterocycles. The first-order valence-electron chi connectivity index (χ1n) is 9.99. The summed E-state index contributed by atoms with van der Waals surface area (Å²) in [4.78, 5) is 26.9. The fourth-order valence-electron chi connectivity index (χ4n) is 4.33. The molecule has 1 saturated carbocycles. The maximum absolute atomic E-state index is 12.9. The van der Waals surface area contributed by atoms with E-state index in [1.54, 1.807) is 43.3 Å². The molecular weight excluding hydrogens is 424 g/mol. The van der Waals surface area contributed by atoms with Gasteiger partial charge in [-0.1, -0.05) is 36.6 Å². The number of halogens is 1. The second-order valence-electron chi connectivity index (χ2n) is 7.97. The average Bonchev–Trinajstić information content (AvgIpc) is 2.96.